The Morgan fingerprint density at radius 1 is 1.26 bits per heavy atom. The summed E-state index contributed by atoms with van der Waals surface area (Å²) in [6.45, 7) is 1.46. The van der Waals surface area contributed by atoms with Gasteiger partial charge in [-0.25, -0.2) is 9.18 Å². The second kappa shape index (κ2) is 7.46. The van der Waals surface area contributed by atoms with Crippen LogP contribution in [0.2, 0.25) is 0 Å². The highest BCUT2D eigenvalue weighted by Crippen LogP contribution is 2.28. The third-order valence-electron chi connectivity index (χ3n) is 4.25. The van der Waals surface area contributed by atoms with Crippen molar-refractivity contribution in [3.05, 3.63) is 48.0 Å². The summed E-state index contributed by atoms with van der Waals surface area (Å²) in [7, 11) is 0. The van der Waals surface area contributed by atoms with Gasteiger partial charge in [-0.1, -0.05) is 6.07 Å². The van der Waals surface area contributed by atoms with Crippen LogP contribution in [0.5, 0.6) is 5.75 Å². The SMILES string of the molecule is CC1(C)CCN(Cc2cncc(-c3ccc(F)c(OC(F)F)c3)c2)C(=O)O1. The second-order valence-corrected chi connectivity index (χ2v) is 6.90. The molecule has 0 spiro atoms. The number of halogens is 3. The summed E-state index contributed by atoms with van der Waals surface area (Å²) in [6, 6.07) is 5.47. The van der Waals surface area contributed by atoms with Crippen LogP contribution < -0.4 is 4.74 Å². The van der Waals surface area contributed by atoms with E-state index in [9.17, 15) is 18.0 Å². The zero-order valence-corrected chi connectivity index (χ0v) is 14.9. The van der Waals surface area contributed by atoms with Gasteiger partial charge in [0.2, 0.25) is 0 Å². The fraction of sp³-hybridized carbons (Fsp3) is 0.368. The Labute approximate surface area is 154 Å². The van der Waals surface area contributed by atoms with E-state index in [-0.39, 0.29) is 0 Å². The topological polar surface area (TPSA) is 51.7 Å². The molecule has 1 aliphatic heterocycles. The van der Waals surface area contributed by atoms with E-state index in [1.165, 1.54) is 18.3 Å². The van der Waals surface area contributed by atoms with E-state index in [1.807, 2.05) is 13.8 Å². The summed E-state index contributed by atoms with van der Waals surface area (Å²) in [4.78, 5) is 17.8. The minimum Gasteiger partial charge on any atom is -0.443 e. The van der Waals surface area contributed by atoms with Crippen LogP contribution in [0.15, 0.2) is 36.7 Å². The number of pyridine rings is 1. The van der Waals surface area contributed by atoms with Crippen LogP contribution in [-0.2, 0) is 11.3 Å². The number of ether oxygens (including phenoxy) is 2. The average Bonchev–Trinajstić information content (AvgIpc) is 2.59. The Bertz CT molecular complexity index is 843. The molecule has 1 amide bonds. The Hall–Kier alpha value is -2.77. The van der Waals surface area contributed by atoms with Gasteiger partial charge in [-0.2, -0.15) is 8.78 Å². The van der Waals surface area contributed by atoms with Gasteiger partial charge in [-0.15, -0.1) is 0 Å². The fourth-order valence-electron chi connectivity index (χ4n) is 2.81. The molecule has 1 aromatic heterocycles. The minimum absolute atomic E-state index is 0.303. The van der Waals surface area contributed by atoms with E-state index in [0.29, 0.717) is 30.6 Å². The number of hydrogen-bond acceptors (Lipinski definition) is 4. The predicted octanol–water partition coefficient (Wildman–Crippen LogP) is 4.61. The van der Waals surface area contributed by atoms with Crippen molar-refractivity contribution in [1.29, 1.82) is 0 Å². The van der Waals surface area contributed by atoms with Crippen molar-refractivity contribution in [2.45, 2.75) is 39.0 Å². The summed E-state index contributed by atoms with van der Waals surface area (Å²) >= 11 is 0. The smallest absolute Gasteiger partial charge is 0.410 e. The zero-order valence-electron chi connectivity index (χ0n) is 14.9. The monoisotopic (exact) mass is 380 g/mol. The van der Waals surface area contributed by atoms with E-state index in [2.05, 4.69) is 9.72 Å². The van der Waals surface area contributed by atoms with Crippen LogP contribution in [0, 0.1) is 5.82 Å². The van der Waals surface area contributed by atoms with Crippen LogP contribution in [0.4, 0.5) is 18.0 Å². The normalized spacial score (nSPS) is 16.4. The minimum atomic E-state index is -3.12. The van der Waals surface area contributed by atoms with Crippen molar-refractivity contribution < 1.29 is 27.4 Å². The first-order valence-corrected chi connectivity index (χ1v) is 8.40. The highest BCUT2D eigenvalue weighted by atomic mass is 19.3. The molecule has 0 unspecified atom stereocenters. The molecule has 1 aromatic carbocycles. The molecule has 144 valence electrons. The lowest BCUT2D eigenvalue weighted by Crippen LogP contribution is -2.46. The molecule has 27 heavy (non-hydrogen) atoms. The molecule has 2 heterocycles. The largest absolute Gasteiger partial charge is 0.443 e. The van der Waals surface area contributed by atoms with Gasteiger partial charge >= 0.3 is 12.7 Å². The van der Waals surface area contributed by atoms with E-state index < -0.39 is 29.9 Å². The molecule has 0 saturated carbocycles. The van der Waals surface area contributed by atoms with Crippen molar-refractivity contribution in [2.75, 3.05) is 6.54 Å². The Morgan fingerprint density at radius 2 is 2.04 bits per heavy atom. The summed E-state index contributed by atoms with van der Waals surface area (Å²) in [5, 5.41) is 0. The lowest BCUT2D eigenvalue weighted by atomic mass is 10.0. The number of rotatable bonds is 5. The first-order chi connectivity index (χ1) is 12.7. The molecule has 5 nitrogen and oxygen atoms in total. The standard InChI is InChI=1S/C19H19F3N2O3/c1-19(2)5-6-24(18(25)27-19)11-12-7-14(10-23-9-12)13-3-4-15(20)16(8-13)26-17(21)22/h3-4,7-10,17H,5-6,11H2,1-2H3. The maximum Gasteiger partial charge on any atom is 0.410 e. The molecule has 3 rings (SSSR count). The van der Waals surface area contributed by atoms with Crippen LogP contribution in [-0.4, -0.2) is 34.7 Å². The number of carbonyl (C=O) groups is 1. The van der Waals surface area contributed by atoms with Crippen LogP contribution >= 0.6 is 0 Å². The molecular weight excluding hydrogens is 361 g/mol. The number of benzene rings is 1. The number of nitrogens with zero attached hydrogens (tertiary/aromatic N) is 2. The van der Waals surface area contributed by atoms with Crippen molar-refractivity contribution in [2.24, 2.45) is 0 Å². The zero-order chi connectivity index (χ0) is 19.6. The summed E-state index contributed by atoms with van der Waals surface area (Å²) in [6.07, 6.45) is 3.45. The van der Waals surface area contributed by atoms with Gasteiger partial charge in [0.15, 0.2) is 11.6 Å². The van der Waals surface area contributed by atoms with Crippen molar-refractivity contribution in [1.82, 2.24) is 9.88 Å². The number of carbonyl (C=O) groups excluding carboxylic acids is 1. The van der Waals surface area contributed by atoms with Gasteiger partial charge in [-0.05, 0) is 43.2 Å². The lowest BCUT2D eigenvalue weighted by Gasteiger charge is -2.36. The average molecular weight is 380 g/mol. The molecule has 8 heteroatoms. The molecule has 0 atom stereocenters. The van der Waals surface area contributed by atoms with Gasteiger partial charge < -0.3 is 14.4 Å². The molecule has 1 fully saturated rings. The number of hydrogen-bond donors (Lipinski definition) is 0. The van der Waals surface area contributed by atoms with Crippen molar-refractivity contribution >= 4 is 6.09 Å². The molecule has 1 saturated heterocycles. The highest BCUT2D eigenvalue weighted by Gasteiger charge is 2.32. The second-order valence-electron chi connectivity index (χ2n) is 6.90. The lowest BCUT2D eigenvalue weighted by molar-refractivity contribution is -0.0521. The van der Waals surface area contributed by atoms with Gasteiger partial charge in [-0.3, -0.25) is 4.98 Å². The van der Waals surface area contributed by atoms with Gasteiger partial charge in [0.25, 0.3) is 0 Å². The number of alkyl halides is 2. The van der Waals surface area contributed by atoms with Crippen LogP contribution in [0.3, 0.4) is 0 Å². The fourth-order valence-corrected chi connectivity index (χ4v) is 2.81. The highest BCUT2D eigenvalue weighted by molar-refractivity contribution is 5.69. The first kappa shape index (κ1) is 19.0. The molecule has 1 aliphatic rings. The molecule has 0 bridgehead atoms. The number of cyclic esters (lactones) is 1. The third-order valence-corrected chi connectivity index (χ3v) is 4.25. The van der Waals surface area contributed by atoms with E-state index in [0.717, 1.165) is 11.6 Å². The number of aromatic nitrogens is 1. The van der Waals surface area contributed by atoms with Crippen molar-refractivity contribution in [3.8, 4) is 16.9 Å². The van der Waals surface area contributed by atoms with Crippen molar-refractivity contribution in [3.63, 3.8) is 0 Å². The molecular formula is C19H19F3N2O3. The first-order valence-electron chi connectivity index (χ1n) is 8.40. The quantitative estimate of drug-likeness (QED) is 0.760. The Balaban J connectivity index is 1.79. The van der Waals surface area contributed by atoms with E-state index in [1.54, 1.807) is 17.2 Å². The maximum atomic E-state index is 13.6. The van der Waals surface area contributed by atoms with Gasteiger partial charge in [0, 0.05) is 30.9 Å². The Kier molecular flexibility index (Phi) is 5.25. The van der Waals surface area contributed by atoms with Crippen LogP contribution in [0.25, 0.3) is 11.1 Å². The summed E-state index contributed by atoms with van der Waals surface area (Å²) in [5.41, 5.74) is 1.33. The summed E-state index contributed by atoms with van der Waals surface area (Å²) in [5.74, 6) is -1.41. The molecule has 0 N–H and O–H groups in total. The van der Waals surface area contributed by atoms with E-state index in [4.69, 9.17) is 4.74 Å². The van der Waals surface area contributed by atoms with Gasteiger partial charge in [0.1, 0.15) is 5.60 Å². The molecule has 0 aliphatic carbocycles. The predicted molar refractivity (Wildman–Crippen MR) is 91.9 cm³/mol. The Morgan fingerprint density at radius 3 is 2.74 bits per heavy atom. The summed E-state index contributed by atoms with van der Waals surface area (Å²) < 4.78 is 48.0. The maximum absolute atomic E-state index is 13.6. The van der Waals surface area contributed by atoms with Crippen LogP contribution in [0.1, 0.15) is 25.8 Å². The molecule has 0 radical (unpaired) electrons. The number of amides is 1. The molecule has 2 aromatic rings. The third kappa shape index (κ3) is 4.69. The van der Waals surface area contributed by atoms with Gasteiger partial charge in [0.05, 0.1) is 6.54 Å². The van der Waals surface area contributed by atoms with E-state index >= 15 is 0 Å².